The monoisotopic (exact) mass is 387 g/mol. The van der Waals surface area contributed by atoms with E-state index in [1.807, 2.05) is 38.1 Å². The third-order valence-electron chi connectivity index (χ3n) is 4.29. The Morgan fingerprint density at radius 3 is 2.66 bits per heavy atom. The van der Waals surface area contributed by atoms with Crippen LogP contribution in [0.4, 0.5) is 11.4 Å². The van der Waals surface area contributed by atoms with E-state index in [-0.39, 0.29) is 22.8 Å². The molecule has 0 bridgehead atoms. The lowest BCUT2D eigenvalue weighted by molar-refractivity contribution is -0.384. The van der Waals surface area contributed by atoms with E-state index < -0.39 is 10.8 Å². The Balaban J connectivity index is 1.88. The molecule has 2 aromatic carbocycles. The number of para-hydroxylation sites is 1. The molecule has 1 amide bonds. The molecule has 0 saturated carbocycles. The zero-order valence-corrected chi connectivity index (χ0v) is 15.8. The summed E-state index contributed by atoms with van der Waals surface area (Å²) < 4.78 is 5.62. The maximum atomic E-state index is 12.5. The number of nitriles is 1. The minimum Gasteiger partial charge on any atom is -0.456 e. The Hall–Kier alpha value is -4.18. The lowest BCUT2D eigenvalue weighted by atomic mass is 10.1. The summed E-state index contributed by atoms with van der Waals surface area (Å²) in [6.07, 6.45) is 1.30. The Labute approximate surface area is 167 Å². The fourth-order valence-corrected chi connectivity index (χ4v) is 2.77. The van der Waals surface area contributed by atoms with Crippen LogP contribution in [0, 0.1) is 35.3 Å². The number of carbonyl (C=O) groups excluding carboxylic acids is 1. The van der Waals surface area contributed by atoms with E-state index in [0.29, 0.717) is 11.3 Å². The molecule has 144 valence electrons. The van der Waals surface area contributed by atoms with Crippen molar-refractivity contribution in [3.8, 4) is 17.4 Å². The van der Waals surface area contributed by atoms with Crippen LogP contribution >= 0.6 is 0 Å². The summed E-state index contributed by atoms with van der Waals surface area (Å²) in [6, 6.07) is 16.8. The van der Waals surface area contributed by atoms with Crippen molar-refractivity contribution in [2.24, 2.45) is 0 Å². The zero-order valence-electron chi connectivity index (χ0n) is 15.8. The van der Waals surface area contributed by atoms with Crippen LogP contribution in [0.1, 0.15) is 16.9 Å². The van der Waals surface area contributed by atoms with Crippen LogP contribution in [0.25, 0.3) is 17.4 Å². The highest BCUT2D eigenvalue weighted by Crippen LogP contribution is 2.31. The van der Waals surface area contributed by atoms with Gasteiger partial charge in [-0.05, 0) is 49.2 Å². The van der Waals surface area contributed by atoms with E-state index in [0.717, 1.165) is 11.1 Å². The number of hydrogen-bond donors (Lipinski definition) is 1. The summed E-state index contributed by atoms with van der Waals surface area (Å²) in [5.41, 5.74) is 2.55. The fraction of sp³-hybridized carbons (Fsp3) is 0.0909. The molecule has 0 unspecified atom stereocenters. The van der Waals surface area contributed by atoms with Gasteiger partial charge in [0.25, 0.3) is 11.6 Å². The van der Waals surface area contributed by atoms with Gasteiger partial charge >= 0.3 is 0 Å². The number of nitrogens with one attached hydrogen (secondary N) is 1. The summed E-state index contributed by atoms with van der Waals surface area (Å²) in [5.74, 6) is -0.0496. The molecule has 1 aromatic heterocycles. The second-order valence-corrected chi connectivity index (χ2v) is 6.42. The largest absolute Gasteiger partial charge is 0.456 e. The summed E-state index contributed by atoms with van der Waals surface area (Å²) >= 11 is 0. The van der Waals surface area contributed by atoms with E-state index in [1.165, 1.54) is 12.1 Å². The lowest BCUT2D eigenvalue weighted by Crippen LogP contribution is -2.14. The first kappa shape index (κ1) is 19.6. The van der Waals surface area contributed by atoms with Crippen LogP contribution < -0.4 is 5.32 Å². The standard InChI is InChI=1S/C22H17N3O4/c1-14-7-8-15(2)19(11-14)24-22(26)16(13-23)12-17-9-10-21(29-17)18-5-3-4-6-20(18)25(27)28/h3-12H,1-2H3,(H,24,26)/b16-12+. The Morgan fingerprint density at radius 2 is 1.93 bits per heavy atom. The van der Waals surface area contributed by atoms with Crippen molar-refractivity contribution < 1.29 is 14.1 Å². The summed E-state index contributed by atoms with van der Waals surface area (Å²) in [5, 5.41) is 23.3. The normalized spacial score (nSPS) is 11.0. The van der Waals surface area contributed by atoms with Gasteiger partial charge in [-0.2, -0.15) is 5.26 Å². The van der Waals surface area contributed by atoms with E-state index in [2.05, 4.69) is 5.32 Å². The van der Waals surface area contributed by atoms with Gasteiger partial charge in [-0.15, -0.1) is 0 Å². The van der Waals surface area contributed by atoms with E-state index in [9.17, 15) is 20.2 Å². The molecule has 0 aliphatic rings. The van der Waals surface area contributed by atoms with Crippen molar-refractivity contribution in [3.05, 3.63) is 87.2 Å². The molecule has 1 N–H and O–H groups in total. The maximum absolute atomic E-state index is 12.5. The van der Waals surface area contributed by atoms with Gasteiger partial charge in [0, 0.05) is 17.8 Å². The van der Waals surface area contributed by atoms with Crippen LogP contribution in [0.5, 0.6) is 0 Å². The van der Waals surface area contributed by atoms with Gasteiger partial charge in [-0.1, -0.05) is 24.3 Å². The molecule has 0 atom stereocenters. The average molecular weight is 387 g/mol. The number of anilines is 1. The number of nitro benzene ring substituents is 1. The smallest absolute Gasteiger partial charge is 0.280 e. The van der Waals surface area contributed by atoms with Gasteiger partial charge in [0.1, 0.15) is 23.2 Å². The van der Waals surface area contributed by atoms with Crippen molar-refractivity contribution in [2.75, 3.05) is 5.32 Å². The average Bonchev–Trinajstić information content (AvgIpc) is 3.17. The number of rotatable bonds is 5. The van der Waals surface area contributed by atoms with Gasteiger partial charge in [-0.25, -0.2) is 0 Å². The molecule has 0 aliphatic carbocycles. The predicted octanol–water partition coefficient (Wildman–Crippen LogP) is 5.02. The maximum Gasteiger partial charge on any atom is 0.280 e. The molecule has 0 fully saturated rings. The summed E-state index contributed by atoms with van der Waals surface area (Å²) in [4.78, 5) is 23.2. The second-order valence-electron chi connectivity index (χ2n) is 6.42. The van der Waals surface area contributed by atoms with Gasteiger partial charge in [0.15, 0.2) is 0 Å². The van der Waals surface area contributed by atoms with Crippen molar-refractivity contribution in [2.45, 2.75) is 13.8 Å². The number of benzene rings is 2. The number of carbonyl (C=O) groups is 1. The molecule has 0 radical (unpaired) electrons. The minimum atomic E-state index is -0.565. The third-order valence-corrected chi connectivity index (χ3v) is 4.29. The predicted molar refractivity (Wildman–Crippen MR) is 109 cm³/mol. The number of hydrogen-bond acceptors (Lipinski definition) is 5. The van der Waals surface area contributed by atoms with E-state index >= 15 is 0 Å². The molecule has 0 saturated heterocycles. The first-order valence-corrected chi connectivity index (χ1v) is 8.73. The highest BCUT2D eigenvalue weighted by molar-refractivity contribution is 6.09. The summed E-state index contributed by atoms with van der Waals surface area (Å²) in [6.45, 7) is 3.76. The zero-order chi connectivity index (χ0) is 21.0. The number of nitrogens with zero attached hydrogens (tertiary/aromatic N) is 2. The molecule has 7 nitrogen and oxygen atoms in total. The molecular weight excluding hydrogens is 370 g/mol. The molecule has 7 heteroatoms. The van der Waals surface area contributed by atoms with Crippen molar-refractivity contribution >= 4 is 23.4 Å². The first-order valence-electron chi connectivity index (χ1n) is 8.73. The van der Waals surface area contributed by atoms with E-state index in [4.69, 9.17) is 4.42 Å². The van der Waals surface area contributed by atoms with Crippen LogP contribution in [0.3, 0.4) is 0 Å². The van der Waals surface area contributed by atoms with Crippen molar-refractivity contribution in [1.82, 2.24) is 0 Å². The lowest BCUT2D eigenvalue weighted by Gasteiger charge is -2.08. The van der Waals surface area contributed by atoms with Crippen molar-refractivity contribution in [1.29, 1.82) is 5.26 Å². The van der Waals surface area contributed by atoms with Crippen LogP contribution in [-0.4, -0.2) is 10.8 Å². The fourth-order valence-electron chi connectivity index (χ4n) is 2.77. The molecule has 0 aliphatic heterocycles. The third kappa shape index (κ3) is 4.39. The van der Waals surface area contributed by atoms with Gasteiger partial charge in [-0.3, -0.25) is 14.9 Å². The van der Waals surface area contributed by atoms with Crippen LogP contribution in [-0.2, 0) is 4.79 Å². The topological polar surface area (TPSA) is 109 Å². The highest BCUT2D eigenvalue weighted by Gasteiger charge is 2.18. The molecular formula is C22H17N3O4. The Morgan fingerprint density at radius 1 is 1.17 bits per heavy atom. The molecule has 3 rings (SSSR count). The molecule has 1 heterocycles. The van der Waals surface area contributed by atoms with Gasteiger partial charge in [0.2, 0.25) is 0 Å². The SMILES string of the molecule is Cc1ccc(C)c(NC(=O)/C(C#N)=C/c2ccc(-c3ccccc3[N+](=O)[O-])o2)c1. The van der Waals surface area contributed by atoms with Crippen LogP contribution in [0.15, 0.2) is 64.6 Å². The Bertz CT molecular complexity index is 1170. The second kappa shape index (κ2) is 8.23. The molecule has 29 heavy (non-hydrogen) atoms. The quantitative estimate of drug-likeness (QED) is 0.286. The van der Waals surface area contributed by atoms with Crippen molar-refractivity contribution in [3.63, 3.8) is 0 Å². The first-order chi connectivity index (χ1) is 13.9. The van der Waals surface area contributed by atoms with Crippen LogP contribution in [0.2, 0.25) is 0 Å². The molecule has 3 aromatic rings. The highest BCUT2D eigenvalue weighted by atomic mass is 16.6. The van der Waals surface area contributed by atoms with Gasteiger partial charge in [0.05, 0.1) is 10.5 Å². The minimum absolute atomic E-state index is 0.0921. The van der Waals surface area contributed by atoms with E-state index in [1.54, 1.807) is 30.3 Å². The number of amides is 1. The summed E-state index contributed by atoms with van der Waals surface area (Å²) in [7, 11) is 0. The number of nitro groups is 1. The number of furan rings is 1. The number of aryl methyl sites for hydroxylation is 2. The molecule has 0 spiro atoms. The Kier molecular flexibility index (Phi) is 5.56. The van der Waals surface area contributed by atoms with Gasteiger partial charge < -0.3 is 9.73 Å².